The molecule has 2 rings (SSSR count). The monoisotopic (exact) mass is 293 g/mol. The summed E-state index contributed by atoms with van der Waals surface area (Å²) in [5.41, 5.74) is 2.74. The number of aromatic nitrogens is 2. The predicted molar refractivity (Wildman–Crippen MR) is 78.8 cm³/mol. The number of ether oxygens (including phenoxy) is 1. The van der Waals surface area contributed by atoms with Crippen molar-refractivity contribution in [3.63, 3.8) is 0 Å². The maximum atomic E-state index is 12.0. The summed E-state index contributed by atoms with van der Waals surface area (Å²) in [6, 6.07) is 5.57. The maximum Gasteiger partial charge on any atom is 0.343 e. The van der Waals surface area contributed by atoms with Gasteiger partial charge in [0.15, 0.2) is 5.82 Å². The van der Waals surface area contributed by atoms with Crippen molar-refractivity contribution in [3.05, 3.63) is 40.0 Å². The molecule has 1 heterocycles. The van der Waals surface area contributed by atoms with Crippen molar-refractivity contribution in [2.45, 2.75) is 20.8 Å². The standard InChI is InChI=1S/C14H16ClN3O2/c1-4-20-14(19)11-9(3)17-18-13(11)16-12-8(2)6-5-7-10(12)15/h5-7H,4H2,1-3H3,(H2,16,17,18). The number of aryl methyl sites for hydroxylation is 2. The summed E-state index contributed by atoms with van der Waals surface area (Å²) in [6.07, 6.45) is 0. The van der Waals surface area contributed by atoms with Gasteiger partial charge in [0.2, 0.25) is 0 Å². The van der Waals surface area contributed by atoms with Gasteiger partial charge in [-0.2, -0.15) is 5.10 Å². The summed E-state index contributed by atoms with van der Waals surface area (Å²) >= 11 is 6.16. The highest BCUT2D eigenvalue weighted by molar-refractivity contribution is 6.33. The van der Waals surface area contributed by atoms with E-state index in [1.165, 1.54) is 0 Å². The van der Waals surface area contributed by atoms with Gasteiger partial charge in [-0.1, -0.05) is 23.7 Å². The Morgan fingerprint density at radius 2 is 2.20 bits per heavy atom. The molecule has 0 bridgehead atoms. The Hall–Kier alpha value is -2.01. The smallest absolute Gasteiger partial charge is 0.343 e. The summed E-state index contributed by atoms with van der Waals surface area (Å²) in [5.74, 6) is 0.00288. The molecule has 0 radical (unpaired) electrons. The van der Waals surface area contributed by atoms with Crippen molar-refractivity contribution in [3.8, 4) is 0 Å². The van der Waals surface area contributed by atoms with Crippen molar-refractivity contribution >= 4 is 29.1 Å². The Bertz CT molecular complexity index is 617. The summed E-state index contributed by atoms with van der Waals surface area (Å²) in [7, 11) is 0. The van der Waals surface area contributed by atoms with Crippen LogP contribution >= 0.6 is 11.6 Å². The maximum absolute atomic E-state index is 12.0. The third-order valence-corrected chi connectivity index (χ3v) is 3.21. The lowest BCUT2D eigenvalue weighted by Crippen LogP contribution is -2.08. The van der Waals surface area contributed by atoms with E-state index in [2.05, 4.69) is 15.5 Å². The number of benzene rings is 1. The Morgan fingerprint density at radius 3 is 2.85 bits per heavy atom. The molecule has 0 saturated heterocycles. The van der Waals surface area contributed by atoms with Crippen LogP contribution in [0, 0.1) is 13.8 Å². The second-order valence-electron chi connectivity index (χ2n) is 4.35. The van der Waals surface area contributed by atoms with Crippen LogP contribution in [0.5, 0.6) is 0 Å². The zero-order valence-electron chi connectivity index (χ0n) is 11.6. The first-order valence-corrected chi connectivity index (χ1v) is 6.66. The molecule has 0 unspecified atom stereocenters. The van der Waals surface area contributed by atoms with Crippen LogP contribution in [0.15, 0.2) is 18.2 Å². The third-order valence-electron chi connectivity index (χ3n) is 2.89. The van der Waals surface area contributed by atoms with E-state index in [9.17, 15) is 4.79 Å². The average molecular weight is 294 g/mol. The molecule has 0 saturated carbocycles. The van der Waals surface area contributed by atoms with Crippen molar-refractivity contribution in [1.29, 1.82) is 0 Å². The van der Waals surface area contributed by atoms with E-state index >= 15 is 0 Å². The van der Waals surface area contributed by atoms with Crippen LogP contribution in [-0.4, -0.2) is 22.8 Å². The van der Waals surface area contributed by atoms with E-state index in [4.69, 9.17) is 16.3 Å². The molecule has 2 aromatic rings. The number of para-hydroxylation sites is 1. The first-order chi connectivity index (χ1) is 9.54. The number of aromatic amines is 1. The number of carbonyl (C=O) groups is 1. The number of hydrogen-bond acceptors (Lipinski definition) is 4. The number of nitrogens with one attached hydrogen (secondary N) is 2. The number of H-pyrrole nitrogens is 1. The van der Waals surface area contributed by atoms with Crippen molar-refractivity contribution in [2.75, 3.05) is 11.9 Å². The van der Waals surface area contributed by atoms with Crippen LogP contribution in [0.2, 0.25) is 5.02 Å². The van der Waals surface area contributed by atoms with E-state index < -0.39 is 5.97 Å². The number of rotatable bonds is 4. The molecule has 20 heavy (non-hydrogen) atoms. The predicted octanol–water partition coefficient (Wildman–Crippen LogP) is 3.60. The van der Waals surface area contributed by atoms with Crippen molar-refractivity contribution in [2.24, 2.45) is 0 Å². The second-order valence-corrected chi connectivity index (χ2v) is 4.76. The van der Waals surface area contributed by atoms with Gasteiger partial charge in [-0.05, 0) is 32.4 Å². The second kappa shape index (κ2) is 5.96. The number of nitrogens with zero attached hydrogens (tertiary/aromatic N) is 1. The van der Waals surface area contributed by atoms with Crippen LogP contribution in [0.3, 0.4) is 0 Å². The number of hydrogen-bond donors (Lipinski definition) is 2. The highest BCUT2D eigenvalue weighted by atomic mass is 35.5. The van der Waals surface area contributed by atoms with E-state index in [1.54, 1.807) is 19.9 Å². The molecule has 5 nitrogen and oxygen atoms in total. The van der Waals surface area contributed by atoms with E-state index in [0.717, 1.165) is 11.3 Å². The molecule has 1 aromatic heterocycles. The molecule has 0 aliphatic rings. The van der Waals surface area contributed by atoms with Crippen LogP contribution in [-0.2, 0) is 4.74 Å². The molecule has 0 aliphatic heterocycles. The highest BCUT2D eigenvalue weighted by Crippen LogP contribution is 2.30. The van der Waals surface area contributed by atoms with Crippen LogP contribution < -0.4 is 5.32 Å². The van der Waals surface area contributed by atoms with Crippen molar-refractivity contribution < 1.29 is 9.53 Å². The lowest BCUT2D eigenvalue weighted by Gasteiger charge is -2.10. The number of esters is 1. The van der Waals surface area contributed by atoms with Gasteiger partial charge < -0.3 is 10.1 Å². The summed E-state index contributed by atoms with van der Waals surface area (Å²) < 4.78 is 5.03. The minimum atomic E-state index is -0.411. The van der Waals surface area contributed by atoms with Gasteiger partial charge in [0.25, 0.3) is 0 Å². The molecule has 2 N–H and O–H groups in total. The summed E-state index contributed by atoms with van der Waals surface area (Å²) in [5, 5.41) is 10.5. The van der Waals surface area contributed by atoms with Crippen molar-refractivity contribution in [1.82, 2.24) is 10.2 Å². The fourth-order valence-electron chi connectivity index (χ4n) is 1.88. The number of halogens is 1. The summed E-state index contributed by atoms with van der Waals surface area (Å²) in [6.45, 7) is 5.77. The third kappa shape index (κ3) is 2.77. The first kappa shape index (κ1) is 14.4. The van der Waals surface area contributed by atoms with Gasteiger partial charge in [-0.3, -0.25) is 5.10 Å². The topological polar surface area (TPSA) is 67.0 Å². The normalized spacial score (nSPS) is 10.4. The van der Waals surface area contributed by atoms with Gasteiger partial charge in [-0.15, -0.1) is 0 Å². The Morgan fingerprint density at radius 1 is 1.45 bits per heavy atom. The first-order valence-electron chi connectivity index (χ1n) is 6.28. The van der Waals surface area contributed by atoms with E-state index in [0.29, 0.717) is 28.7 Å². The van der Waals surface area contributed by atoms with Gasteiger partial charge in [-0.25, -0.2) is 4.79 Å². The molecular formula is C14H16ClN3O2. The molecule has 0 atom stereocenters. The van der Waals surface area contributed by atoms with Gasteiger partial charge in [0.05, 0.1) is 17.3 Å². The van der Waals surface area contributed by atoms with E-state index in [-0.39, 0.29) is 0 Å². The minimum Gasteiger partial charge on any atom is -0.462 e. The minimum absolute atomic E-state index is 0.314. The number of anilines is 2. The fraction of sp³-hybridized carbons (Fsp3) is 0.286. The number of carbonyl (C=O) groups excluding carboxylic acids is 1. The fourth-order valence-corrected chi connectivity index (χ4v) is 2.15. The molecular weight excluding hydrogens is 278 g/mol. The Balaban J connectivity index is 2.38. The van der Waals surface area contributed by atoms with Crippen LogP contribution in [0.4, 0.5) is 11.5 Å². The highest BCUT2D eigenvalue weighted by Gasteiger charge is 2.20. The SMILES string of the molecule is CCOC(=O)c1c(Nc2c(C)cccc2Cl)n[nH]c1C. The average Bonchev–Trinajstić information content (AvgIpc) is 2.75. The van der Waals surface area contributed by atoms with Gasteiger partial charge >= 0.3 is 5.97 Å². The van der Waals surface area contributed by atoms with Gasteiger partial charge in [0.1, 0.15) is 5.56 Å². The molecule has 6 heteroatoms. The molecule has 1 aromatic carbocycles. The zero-order valence-corrected chi connectivity index (χ0v) is 12.3. The van der Waals surface area contributed by atoms with E-state index in [1.807, 2.05) is 19.1 Å². The molecule has 106 valence electrons. The Kier molecular flexibility index (Phi) is 4.29. The molecule has 0 fully saturated rings. The molecule has 0 aliphatic carbocycles. The quantitative estimate of drug-likeness (QED) is 0.845. The summed E-state index contributed by atoms with van der Waals surface area (Å²) in [4.78, 5) is 12.0. The molecule has 0 amide bonds. The largest absolute Gasteiger partial charge is 0.462 e. The lowest BCUT2D eigenvalue weighted by molar-refractivity contribution is 0.0527. The molecule has 0 spiro atoms. The lowest BCUT2D eigenvalue weighted by atomic mass is 10.2. The van der Waals surface area contributed by atoms with Gasteiger partial charge in [0, 0.05) is 5.69 Å². The zero-order chi connectivity index (χ0) is 14.7. The Labute approximate surface area is 122 Å². The van der Waals surface area contributed by atoms with Crippen LogP contribution in [0.1, 0.15) is 28.5 Å². The van der Waals surface area contributed by atoms with Crippen LogP contribution in [0.25, 0.3) is 0 Å².